The van der Waals surface area contributed by atoms with E-state index in [-0.39, 0.29) is 43.5 Å². The fourth-order valence-corrected chi connectivity index (χ4v) is 2.45. The van der Waals surface area contributed by atoms with Gasteiger partial charge < -0.3 is 10.4 Å². The van der Waals surface area contributed by atoms with E-state index in [1.54, 1.807) is 6.07 Å². The quantitative estimate of drug-likeness (QED) is 0.780. The van der Waals surface area contributed by atoms with Crippen molar-refractivity contribution in [2.75, 3.05) is 26.2 Å². The van der Waals surface area contributed by atoms with Crippen LogP contribution in [-0.2, 0) is 0 Å². The molecule has 1 aromatic carbocycles. The van der Waals surface area contributed by atoms with Crippen LogP contribution < -0.4 is 5.32 Å². The Morgan fingerprint density at radius 2 is 1.78 bits per heavy atom. The van der Waals surface area contributed by atoms with Gasteiger partial charge in [0.25, 0.3) is 0 Å². The molecule has 1 atom stereocenters. The van der Waals surface area contributed by atoms with E-state index < -0.39 is 29.3 Å². The third-order valence-corrected chi connectivity index (χ3v) is 3.39. The van der Waals surface area contributed by atoms with E-state index in [9.17, 15) is 22.7 Å². The average molecular weight is 376 g/mol. The second kappa shape index (κ2) is 8.55. The molecule has 130 valence electrons. The van der Waals surface area contributed by atoms with E-state index >= 15 is 0 Å². The summed E-state index contributed by atoms with van der Waals surface area (Å²) in [6, 6.07) is 1.11. The molecule has 23 heavy (non-hydrogen) atoms. The topological polar surface area (TPSA) is 59.3 Å². The molecule has 0 saturated carbocycles. The molecule has 0 aliphatic carbocycles. The van der Waals surface area contributed by atoms with Crippen molar-refractivity contribution in [2.45, 2.75) is 12.2 Å². The van der Waals surface area contributed by atoms with Gasteiger partial charge in [-0.3, -0.25) is 4.90 Å². The van der Waals surface area contributed by atoms with E-state index in [2.05, 4.69) is 5.32 Å². The van der Waals surface area contributed by atoms with E-state index in [1.165, 1.54) is 0 Å². The van der Waals surface area contributed by atoms with Crippen molar-refractivity contribution >= 4 is 24.8 Å². The zero-order valence-corrected chi connectivity index (χ0v) is 13.4. The Labute approximate surface area is 142 Å². The van der Waals surface area contributed by atoms with Crippen LogP contribution >= 0.6 is 24.8 Å². The first-order valence-corrected chi connectivity index (χ1v) is 6.29. The number of alkyl halides is 3. The first-order chi connectivity index (χ1) is 9.86. The highest BCUT2D eigenvalue weighted by Gasteiger charge is 2.47. The molecule has 0 bridgehead atoms. The Balaban J connectivity index is 0.00000242. The Morgan fingerprint density at radius 1 is 1.22 bits per heavy atom. The van der Waals surface area contributed by atoms with Gasteiger partial charge in [0.05, 0.1) is 11.6 Å². The summed E-state index contributed by atoms with van der Waals surface area (Å²) in [6.07, 6.45) is -4.73. The Morgan fingerprint density at radius 3 is 2.26 bits per heavy atom. The molecule has 0 radical (unpaired) electrons. The average Bonchev–Trinajstić information content (AvgIpc) is 2.44. The fraction of sp³-hybridized carbons (Fsp3) is 0.462. The molecule has 0 amide bonds. The molecule has 0 aromatic heterocycles. The molecule has 2 rings (SSSR count). The molecule has 1 aliphatic rings. The van der Waals surface area contributed by atoms with Crippen LogP contribution in [0.4, 0.5) is 17.6 Å². The summed E-state index contributed by atoms with van der Waals surface area (Å²) >= 11 is 0. The second-order valence-corrected chi connectivity index (χ2v) is 4.70. The van der Waals surface area contributed by atoms with Gasteiger partial charge in [0.15, 0.2) is 11.6 Å². The first kappa shape index (κ1) is 21.7. The highest BCUT2D eigenvalue weighted by molar-refractivity contribution is 5.85. The number of rotatable bonds is 2. The van der Waals surface area contributed by atoms with Crippen LogP contribution in [0.25, 0.3) is 0 Å². The predicted octanol–water partition coefficient (Wildman–Crippen LogP) is 2.76. The molecule has 1 aromatic rings. The van der Waals surface area contributed by atoms with Crippen LogP contribution in [0.2, 0.25) is 0 Å². The fourth-order valence-electron chi connectivity index (χ4n) is 2.45. The van der Waals surface area contributed by atoms with Crippen molar-refractivity contribution in [3.63, 3.8) is 0 Å². The van der Waals surface area contributed by atoms with Crippen molar-refractivity contribution in [2.24, 2.45) is 0 Å². The lowest BCUT2D eigenvalue weighted by atomic mass is 9.97. The number of piperazine rings is 1. The highest BCUT2D eigenvalue weighted by Crippen LogP contribution is 2.43. The summed E-state index contributed by atoms with van der Waals surface area (Å²) in [5, 5.41) is 21.6. The summed E-state index contributed by atoms with van der Waals surface area (Å²) in [5.74, 6) is -2.29. The molecule has 1 heterocycles. The third kappa shape index (κ3) is 4.61. The summed E-state index contributed by atoms with van der Waals surface area (Å²) in [5.41, 5.74) is -1.10. The van der Waals surface area contributed by atoms with Crippen molar-refractivity contribution < 1.29 is 22.7 Å². The van der Waals surface area contributed by atoms with E-state index in [4.69, 9.17) is 5.26 Å². The molecular weight excluding hydrogens is 361 g/mol. The van der Waals surface area contributed by atoms with E-state index in [0.717, 1.165) is 17.0 Å². The lowest BCUT2D eigenvalue weighted by molar-refractivity contribution is -0.188. The minimum Gasteiger partial charge on any atom is -0.505 e. The number of hydrogen-bond acceptors (Lipinski definition) is 4. The molecular formula is C13H15Cl2F4N3O. The van der Waals surface area contributed by atoms with Crippen molar-refractivity contribution in [3.8, 4) is 11.8 Å². The maximum atomic E-state index is 13.5. The van der Waals surface area contributed by atoms with Crippen LogP contribution in [0.5, 0.6) is 5.75 Å². The summed E-state index contributed by atoms with van der Waals surface area (Å²) < 4.78 is 53.7. The number of hydrogen-bond donors (Lipinski definition) is 2. The zero-order chi connectivity index (χ0) is 15.6. The minimum atomic E-state index is -4.73. The van der Waals surface area contributed by atoms with Gasteiger partial charge in [-0.25, -0.2) is 4.39 Å². The third-order valence-electron chi connectivity index (χ3n) is 3.39. The van der Waals surface area contributed by atoms with Crippen LogP contribution in [0, 0.1) is 17.1 Å². The van der Waals surface area contributed by atoms with Crippen molar-refractivity contribution in [1.29, 1.82) is 5.26 Å². The van der Waals surface area contributed by atoms with Gasteiger partial charge in [0.2, 0.25) is 0 Å². The monoisotopic (exact) mass is 375 g/mol. The molecule has 1 saturated heterocycles. The van der Waals surface area contributed by atoms with Crippen molar-refractivity contribution in [1.82, 2.24) is 10.2 Å². The lowest BCUT2D eigenvalue weighted by Gasteiger charge is -2.36. The number of nitrogens with one attached hydrogen (secondary N) is 1. The first-order valence-electron chi connectivity index (χ1n) is 6.29. The van der Waals surface area contributed by atoms with Crippen LogP contribution in [-0.4, -0.2) is 42.4 Å². The molecule has 0 unspecified atom stereocenters. The highest BCUT2D eigenvalue weighted by atomic mass is 35.5. The van der Waals surface area contributed by atoms with Crippen molar-refractivity contribution in [3.05, 3.63) is 29.1 Å². The maximum absolute atomic E-state index is 13.5. The standard InChI is InChI=1S/C13H13F4N3O.2ClH/c14-9-2-1-8(7-18)10(11(9)21)12(13(15,16)17)20-5-3-19-4-6-20;;/h1-2,12,19,21H,3-6H2;2*1H/t12-;;/m1../s1. The maximum Gasteiger partial charge on any atom is 0.408 e. The normalized spacial score (nSPS) is 16.7. The number of phenolic OH excluding ortho intramolecular Hbond substituents is 1. The molecule has 1 aliphatic heterocycles. The van der Waals surface area contributed by atoms with Gasteiger partial charge in [-0.1, -0.05) is 0 Å². The van der Waals surface area contributed by atoms with Gasteiger partial charge in [-0.2, -0.15) is 18.4 Å². The predicted molar refractivity (Wildman–Crippen MR) is 80.5 cm³/mol. The number of nitriles is 1. The molecule has 2 N–H and O–H groups in total. The molecule has 0 spiro atoms. The molecule has 10 heteroatoms. The smallest absolute Gasteiger partial charge is 0.408 e. The van der Waals surface area contributed by atoms with E-state index in [0.29, 0.717) is 13.1 Å². The molecule has 1 fully saturated rings. The van der Waals surface area contributed by atoms with Gasteiger partial charge >= 0.3 is 6.18 Å². The van der Waals surface area contributed by atoms with Gasteiger partial charge in [0.1, 0.15) is 6.04 Å². The van der Waals surface area contributed by atoms with E-state index in [1.807, 2.05) is 0 Å². The summed E-state index contributed by atoms with van der Waals surface area (Å²) in [7, 11) is 0. The zero-order valence-electron chi connectivity index (χ0n) is 11.7. The van der Waals surface area contributed by atoms with Gasteiger partial charge in [-0.05, 0) is 12.1 Å². The SMILES string of the molecule is Cl.Cl.N#Cc1ccc(F)c(O)c1[C@@H](N1CCNCC1)C(F)(F)F. The lowest BCUT2D eigenvalue weighted by Crippen LogP contribution is -2.49. The second-order valence-electron chi connectivity index (χ2n) is 4.70. The van der Waals surface area contributed by atoms with Crippen LogP contribution in [0.3, 0.4) is 0 Å². The molecule has 4 nitrogen and oxygen atoms in total. The summed E-state index contributed by atoms with van der Waals surface area (Å²) in [6.45, 7) is 0.880. The summed E-state index contributed by atoms with van der Waals surface area (Å²) in [4.78, 5) is 1.09. The van der Waals surface area contributed by atoms with Gasteiger partial charge in [-0.15, -0.1) is 24.8 Å². The number of aromatic hydroxyl groups is 1. The van der Waals surface area contributed by atoms with Gasteiger partial charge in [0, 0.05) is 31.7 Å². The Hall–Kier alpha value is -1.27. The van der Waals surface area contributed by atoms with Crippen LogP contribution in [0.1, 0.15) is 17.2 Å². The minimum absolute atomic E-state index is 0. The van der Waals surface area contributed by atoms with Crippen LogP contribution in [0.15, 0.2) is 12.1 Å². The number of benzene rings is 1. The number of halogens is 6. The Kier molecular flexibility index (Phi) is 8.07. The Bertz CT molecular complexity index is 572. The number of phenols is 1. The number of nitrogens with zero attached hydrogens (tertiary/aromatic N) is 2. The largest absolute Gasteiger partial charge is 0.505 e.